The zero-order chi connectivity index (χ0) is 21.7. The van der Waals surface area contributed by atoms with E-state index >= 15 is 0 Å². The van der Waals surface area contributed by atoms with Gasteiger partial charge in [0.1, 0.15) is 10.8 Å². The maximum Gasteiger partial charge on any atom is 0.254 e. The van der Waals surface area contributed by atoms with Crippen LogP contribution in [0.5, 0.6) is 0 Å². The summed E-state index contributed by atoms with van der Waals surface area (Å²) >= 11 is 1.55. The minimum Gasteiger partial charge on any atom is -0.378 e. The SMILES string of the molecule is CCSc1nc(N2CCOCC2)cc(C)c1C(=O)NCc1ccc(S(C)(=O)=O)cc1. The second-order valence-corrected chi connectivity index (χ2v) is 10.4. The maximum atomic E-state index is 13.0. The molecule has 0 bridgehead atoms. The number of hydrogen-bond acceptors (Lipinski definition) is 7. The Labute approximate surface area is 182 Å². The predicted molar refractivity (Wildman–Crippen MR) is 119 cm³/mol. The van der Waals surface area contributed by atoms with E-state index in [2.05, 4.69) is 10.2 Å². The van der Waals surface area contributed by atoms with Gasteiger partial charge in [-0.2, -0.15) is 0 Å². The molecule has 0 unspecified atom stereocenters. The van der Waals surface area contributed by atoms with Crippen molar-refractivity contribution in [2.24, 2.45) is 0 Å². The molecule has 0 atom stereocenters. The highest BCUT2D eigenvalue weighted by Gasteiger charge is 2.21. The normalized spacial score (nSPS) is 14.6. The minimum absolute atomic E-state index is 0.184. The second kappa shape index (κ2) is 9.80. The third-order valence-electron chi connectivity index (χ3n) is 4.82. The van der Waals surface area contributed by atoms with Crippen LogP contribution in [0, 0.1) is 6.92 Å². The molecule has 1 saturated heterocycles. The number of nitrogens with one attached hydrogen (secondary N) is 1. The van der Waals surface area contributed by atoms with Crippen molar-refractivity contribution in [3.05, 3.63) is 47.0 Å². The summed E-state index contributed by atoms with van der Waals surface area (Å²) in [6.07, 6.45) is 1.17. The first-order chi connectivity index (χ1) is 14.3. The molecule has 0 aliphatic carbocycles. The van der Waals surface area contributed by atoms with Gasteiger partial charge in [-0.15, -0.1) is 11.8 Å². The summed E-state index contributed by atoms with van der Waals surface area (Å²) in [6.45, 7) is 7.21. The summed E-state index contributed by atoms with van der Waals surface area (Å²) in [7, 11) is -3.24. The lowest BCUT2D eigenvalue weighted by Gasteiger charge is -2.28. The van der Waals surface area contributed by atoms with Crippen LogP contribution in [0.25, 0.3) is 0 Å². The summed E-state index contributed by atoms with van der Waals surface area (Å²) in [5, 5.41) is 3.66. The van der Waals surface area contributed by atoms with Gasteiger partial charge < -0.3 is 15.0 Å². The number of aryl methyl sites for hydroxylation is 1. The number of amides is 1. The van der Waals surface area contributed by atoms with E-state index in [1.165, 1.54) is 6.26 Å². The van der Waals surface area contributed by atoms with Gasteiger partial charge in [0.05, 0.1) is 23.7 Å². The van der Waals surface area contributed by atoms with E-state index in [1.54, 1.807) is 36.0 Å². The molecule has 1 N–H and O–H groups in total. The van der Waals surface area contributed by atoms with E-state index in [1.807, 2.05) is 19.9 Å². The lowest BCUT2D eigenvalue weighted by atomic mass is 10.1. The van der Waals surface area contributed by atoms with Gasteiger partial charge in [-0.25, -0.2) is 13.4 Å². The van der Waals surface area contributed by atoms with Gasteiger partial charge >= 0.3 is 0 Å². The van der Waals surface area contributed by atoms with Crippen LogP contribution in [0.15, 0.2) is 40.3 Å². The number of sulfone groups is 1. The number of morpholine rings is 1. The number of carbonyl (C=O) groups excluding carboxylic acids is 1. The number of anilines is 1. The van der Waals surface area contributed by atoms with Crippen molar-refractivity contribution < 1.29 is 17.9 Å². The van der Waals surface area contributed by atoms with E-state index in [0.29, 0.717) is 25.3 Å². The monoisotopic (exact) mass is 449 g/mol. The quantitative estimate of drug-likeness (QED) is 0.650. The van der Waals surface area contributed by atoms with Crippen LogP contribution in [-0.4, -0.2) is 57.6 Å². The van der Waals surface area contributed by atoms with Gasteiger partial charge in [0.2, 0.25) is 0 Å². The number of ether oxygens (including phenoxy) is 1. The van der Waals surface area contributed by atoms with Crippen LogP contribution >= 0.6 is 11.8 Å². The first-order valence-electron chi connectivity index (χ1n) is 9.84. The number of pyridine rings is 1. The topological polar surface area (TPSA) is 88.6 Å². The second-order valence-electron chi connectivity index (χ2n) is 7.11. The van der Waals surface area contributed by atoms with Crippen molar-refractivity contribution in [1.29, 1.82) is 0 Å². The smallest absolute Gasteiger partial charge is 0.254 e. The van der Waals surface area contributed by atoms with E-state index in [4.69, 9.17) is 9.72 Å². The van der Waals surface area contributed by atoms with Gasteiger partial charge in [-0.1, -0.05) is 19.1 Å². The summed E-state index contributed by atoms with van der Waals surface area (Å²) < 4.78 is 28.6. The molecule has 0 saturated carbocycles. The van der Waals surface area contributed by atoms with Gasteiger partial charge in [-0.3, -0.25) is 4.79 Å². The number of benzene rings is 1. The van der Waals surface area contributed by atoms with Crippen molar-refractivity contribution in [1.82, 2.24) is 10.3 Å². The molecule has 1 aliphatic rings. The molecular weight excluding hydrogens is 422 g/mol. The van der Waals surface area contributed by atoms with Crippen LogP contribution in [0.1, 0.15) is 28.4 Å². The molecule has 1 aliphatic heterocycles. The molecule has 1 fully saturated rings. The number of thioether (sulfide) groups is 1. The predicted octanol–water partition coefficient (Wildman–Crippen LogP) is 2.67. The zero-order valence-electron chi connectivity index (χ0n) is 17.5. The largest absolute Gasteiger partial charge is 0.378 e. The zero-order valence-corrected chi connectivity index (χ0v) is 19.1. The highest BCUT2D eigenvalue weighted by molar-refractivity contribution is 7.99. The molecule has 30 heavy (non-hydrogen) atoms. The molecule has 1 amide bonds. The molecule has 0 radical (unpaired) electrons. The average molecular weight is 450 g/mol. The Morgan fingerprint density at radius 3 is 2.50 bits per heavy atom. The molecule has 1 aromatic heterocycles. The van der Waals surface area contributed by atoms with Gasteiger partial charge in [0, 0.05) is 25.9 Å². The molecule has 162 valence electrons. The summed E-state index contributed by atoms with van der Waals surface area (Å²) in [5.74, 6) is 1.50. The van der Waals surface area contributed by atoms with Crippen LogP contribution in [-0.2, 0) is 21.1 Å². The third-order valence-corrected chi connectivity index (χ3v) is 6.80. The fourth-order valence-corrected chi connectivity index (χ4v) is 4.68. The van der Waals surface area contributed by atoms with Crippen LogP contribution in [0.4, 0.5) is 5.82 Å². The Morgan fingerprint density at radius 2 is 1.90 bits per heavy atom. The highest BCUT2D eigenvalue weighted by atomic mass is 32.2. The first kappa shape index (κ1) is 22.6. The summed E-state index contributed by atoms with van der Waals surface area (Å²) in [6, 6.07) is 8.50. The molecule has 7 nitrogen and oxygen atoms in total. The number of aromatic nitrogens is 1. The Hall–Kier alpha value is -2.10. The van der Waals surface area contributed by atoms with Crippen molar-refractivity contribution in [3.63, 3.8) is 0 Å². The Morgan fingerprint density at radius 1 is 1.23 bits per heavy atom. The number of carbonyl (C=O) groups is 1. The molecule has 0 spiro atoms. The third kappa shape index (κ3) is 5.53. The Balaban J connectivity index is 1.77. The number of nitrogens with zero attached hydrogens (tertiary/aromatic N) is 2. The van der Waals surface area contributed by atoms with Crippen molar-refractivity contribution in [2.45, 2.75) is 30.3 Å². The van der Waals surface area contributed by atoms with Gasteiger partial charge in [0.15, 0.2) is 9.84 Å². The Kier molecular flexibility index (Phi) is 7.38. The fraction of sp³-hybridized carbons (Fsp3) is 0.429. The lowest BCUT2D eigenvalue weighted by Crippen LogP contribution is -2.37. The van der Waals surface area contributed by atoms with E-state index in [-0.39, 0.29) is 10.8 Å². The molecule has 2 heterocycles. The van der Waals surface area contributed by atoms with Gasteiger partial charge in [0.25, 0.3) is 5.91 Å². The van der Waals surface area contributed by atoms with Gasteiger partial charge in [-0.05, 0) is 42.0 Å². The lowest BCUT2D eigenvalue weighted by molar-refractivity contribution is 0.0946. The van der Waals surface area contributed by atoms with Crippen LogP contribution < -0.4 is 10.2 Å². The highest BCUT2D eigenvalue weighted by Crippen LogP contribution is 2.28. The standard InChI is InChI=1S/C21H27N3O4S2/c1-4-29-21-19(15(2)13-18(23-21)24-9-11-28-12-10-24)20(25)22-14-16-5-7-17(8-6-16)30(3,26)27/h5-8,13H,4,9-12,14H2,1-3H3,(H,22,25). The maximum absolute atomic E-state index is 13.0. The van der Waals surface area contributed by atoms with Crippen molar-refractivity contribution in [2.75, 3.05) is 43.2 Å². The molecule has 1 aromatic carbocycles. The molecule has 2 aromatic rings. The van der Waals surface area contributed by atoms with E-state index < -0.39 is 9.84 Å². The average Bonchev–Trinajstić information content (AvgIpc) is 2.72. The first-order valence-corrected chi connectivity index (χ1v) is 12.7. The Bertz CT molecular complexity index is 1000. The number of hydrogen-bond donors (Lipinski definition) is 1. The molecular formula is C21H27N3O4S2. The summed E-state index contributed by atoms with van der Waals surface area (Å²) in [5.41, 5.74) is 2.30. The molecule has 3 rings (SSSR count). The van der Waals surface area contributed by atoms with Crippen molar-refractivity contribution in [3.8, 4) is 0 Å². The van der Waals surface area contributed by atoms with Crippen LogP contribution in [0.2, 0.25) is 0 Å². The fourth-order valence-electron chi connectivity index (χ4n) is 3.22. The van der Waals surface area contributed by atoms with E-state index in [0.717, 1.165) is 40.8 Å². The van der Waals surface area contributed by atoms with Crippen LogP contribution in [0.3, 0.4) is 0 Å². The summed E-state index contributed by atoms with van der Waals surface area (Å²) in [4.78, 5) is 20.2. The minimum atomic E-state index is -3.24. The molecule has 9 heteroatoms. The van der Waals surface area contributed by atoms with Crippen molar-refractivity contribution >= 4 is 33.3 Å². The van der Waals surface area contributed by atoms with E-state index in [9.17, 15) is 13.2 Å². The number of rotatable bonds is 7.